The van der Waals surface area contributed by atoms with Gasteiger partial charge in [0.2, 0.25) is 11.8 Å². The van der Waals surface area contributed by atoms with E-state index in [9.17, 15) is 9.59 Å². The lowest BCUT2D eigenvalue weighted by Crippen LogP contribution is -2.29. The monoisotopic (exact) mass is 324 g/mol. The van der Waals surface area contributed by atoms with Crippen molar-refractivity contribution in [1.82, 2.24) is 0 Å². The van der Waals surface area contributed by atoms with Crippen molar-refractivity contribution >= 4 is 23.2 Å². The summed E-state index contributed by atoms with van der Waals surface area (Å²) in [6, 6.07) is 13.0. The van der Waals surface area contributed by atoms with E-state index in [1.165, 1.54) is 5.56 Å². The second kappa shape index (κ2) is 6.74. The summed E-state index contributed by atoms with van der Waals surface area (Å²) in [5.74, 6) is -0.296. The molecule has 0 aliphatic carbocycles. The van der Waals surface area contributed by atoms with Crippen LogP contribution in [0.15, 0.2) is 42.5 Å². The first-order chi connectivity index (χ1) is 11.5. The lowest BCUT2D eigenvalue weighted by atomic mass is 10.0. The number of anilines is 2. The van der Waals surface area contributed by atoms with Gasteiger partial charge in [-0.3, -0.25) is 9.59 Å². The Labute approximate surface area is 141 Å². The van der Waals surface area contributed by atoms with Crippen molar-refractivity contribution < 1.29 is 14.3 Å². The summed E-state index contributed by atoms with van der Waals surface area (Å²) < 4.78 is 5.65. The molecule has 1 aliphatic rings. The zero-order valence-electron chi connectivity index (χ0n) is 13.8. The average Bonchev–Trinajstić information content (AvgIpc) is 2.70. The molecule has 1 heterocycles. The van der Waals surface area contributed by atoms with Gasteiger partial charge < -0.3 is 15.4 Å². The van der Waals surface area contributed by atoms with Gasteiger partial charge in [0.05, 0.1) is 11.6 Å². The zero-order chi connectivity index (χ0) is 17.1. The SMILES string of the molecule is Cc1ccc(NC(=O)C[C@H]2COc3ccccc3NC2=O)cc1C. The van der Waals surface area contributed by atoms with Crippen LogP contribution in [0.1, 0.15) is 17.5 Å². The van der Waals surface area contributed by atoms with E-state index in [0.29, 0.717) is 11.4 Å². The van der Waals surface area contributed by atoms with Crippen molar-refractivity contribution in [1.29, 1.82) is 0 Å². The van der Waals surface area contributed by atoms with Crippen LogP contribution in [0.5, 0.6) is 5.75 Å². The van der Waals surface area contributed by atoms with E-state index in [-0.39, 0.29) is 24.8 Å². The number of fused-ring (bicyclic) bond motifs is 1. The maximum atomic E-state index is 12.3. The summed E-state index contributed by atoms with van der Waals surface area (Å²) in [4.78, 5) is 24.6. The maximum Gasteiger partial charge on any atom is 0.231 e. The molecule has 0 bridgehead atoms. The molecule has 5 nitrogen and oxygen atoms in total. The quantitative estimate of drug-likeness (QED) is 0.910. The zero-order valence-corrected chi connectivity index (χ0v) is 13.8. The fourth-order valence-corrected chi connectivity index (χ4v) is 2.60. The number of hydrogen-bond donors (Lipinski definition) is 2. The molecule has 3 rings (SSSR count). The first kappa shape index (κ1) is 16.1. The largest absolute Gasteiger partial charge is 0.491 e. The summed E-state index contributed by atoms with van der Waals surface area (Å²) in [7, 11) is 0. The van der Waals surface area contributed by atoms with Gasteiger partial charge in [0.15, 0.2) is 0 Å². The third-order valence-electron chi connectivity index (χ3n) is 4.18. The number of aryl methyl sites for hydroxylation is 2. The molecule has 0 saturated carbocycles. The molecule has 0 fully saturated rings. The van der Waals surface area contributed by atoms with E-state index in [4.69, 9.17) is 4.74 Å². The molecule has 0 saturated heterocycles. The Hall–Kier alpha value is -2.82. The smallest absolute Gasteiger partial charge is 0.231 e. The van der Waals surface area contributed by atoms with Crippen LogP contribution in [-0.4, -0.2) is 18.4 Å². The van der Waals surface area contributed by atoms with Crippen LogP contribution in [0, 0.1) is 19.8 Å². The molecule has 124 valence electrons. The number of carbonyl (C=O) groups excluding carboxylic acids is 2. The van der Waals surface area contributed by atoms with Crippen LogP contribution >= 0.6 is 0 Å². The number of carbonyl (C=O) groups is 2. The van der Waals surface area contributed by atoms with E-state index >= 15 is 0 Å². The fourth-order valence-electron chi connectivity index (χ4n) is 2.60. The summed E-state index contributed by atoms with van der Waals surface area (Å²) >= 11 is 0. The Morgan fingerprint density at radius 3 is 2.79 bits per heavy atom. The van der Waals surface area contributed by atoms with E-state index < -0.39 is 5.92 Å². The molecule has 2 N–H and O–H groups in total. The van der Waals surface area contributed by atoms with Crippen molar-refractivity contribution in [2.24, 2.45) is 5.92 Å². The molecular formula is C19H20N2O3. The van der Waals surface area contributed by atoms with Crippen molar-refractivity contribution in [3.05, 3.63) is 53.6 Å². The number of amides is 2. The standard InChI is InChI=1S/C19H20N2O3/c1-12-7-8-15(9-13(12)2)20-18(22)10-14-11-24-17-6-4-3-5-16(17)21-19(14)23/h3-9,14H,10-11H2,1-2H3,(H,20,22)(H,21,23)/t14-/m0/s1. The van der Waals surface area contributed by atoms with Crippen LogP contribution in [-0.2, 0) is 9.59 Å². The van der Waals surface area contributed by atoms with Crippen LogP contribution in [0.4, 0.5) is 11.4 Å². The highest BCUT2D eigenvalue weighted by molar-refractivity contribution is 5.99. The highest BCUT2D eigenvalue weighted by Crippen LogP contribution is 2.28. The molecule has 0 aromatic heterocycles. The molecule has 5 heteroatoms. The number of rotatable bonds is 3. The highest BCUT2D eigenvalue weighted by Gasteiger charge is 2.26. The number of ether oxygens (including phenoxy) is 1. The average molecular weight is 324 g/mol. The first-order valence-electron chi connectivity index (χ1n) is 7.93. The summed E-state index contributed by atoms with van der Waals surface area (Å²) in [6.45, 7) is 4.20. The van der Waals surface area contributed by atoms with Gasteiger partial charge in [0, 0.05) is 12.1 Å². The maximum absolute atomic E-state index is 12.3. The molecule has 2 aromatic carbocycles. The molecule has 1 aliphatic heterocycles. The minimum absolute atomic E-state index is 0.0761. The molecule has 0 radical (unpaired) electrons. The second-order valence-electron chi connectivity index (χ2n) is 6.04. The Balaban J connectivity index is 1.64. The fraction of sp³-hybridized carbons (Fsp3) is 0.263. The normalized spacial score (nSPS) is 16.4. The van der Waals surface area contributed by atoms with E-state index in [0.717, 1.165) is 11.3 Å². The third-order valence-corrected chi connectivity index (χ3v) is 4.18. The van der Waals surface area contributed by atoms with Gasteiger partial charge >= 0.3 is 0 Å². The van der Waals surface area contributed by atoms with Crippen molar-refractivity contribution in [3.63, 3.8) is 0 Å². The van der Waals surface area contributed by atoms with E-state index in [2.05, 4.69) is 10.6 Å². The summed E-state index contributed by atoms with van der Waals surface area (Å²) in [5, 5.41) is 5.66. The van der Waals surface area contributed by atoms with Gasteiger partial charge in [0.25, 0.3) is 0 Å². The molecule has 0 spiro atoms. The molecular weight excluding hydrogens is 304 g/mol. The van der Waals surface area contributed by atoms with Gasteiger partial charge in [-0.05, 0) is 49.2 Å². The van der Waals surface area contributed by atoms with Gasteiger partial charge in [0.1, 0.15) is 12.4 Å². The topological polar surface area (TPSA) is 67.4 Å². The molecule has 1 atom stereocenters. The Kier molecular flexibility index (Phi) is 4.51. The summed E-state index contributed by atoms with van der Waals surface area (Å²) in [5.41, 5.74) is 3.65. The van der Waals surface area contributed by atoms with Crippen LogP contribution in [0.2, 0.25) is 0 Å². The minimum Gasteiger partial charge on any atom is -0.491 e. The van der Waals surface area contributed by atoms with Crippen LogP contribution in [0.25, 0.3) is 0 Å². The molecule has 2 amide bonds. The molecule has 0 unspecified atom stereocenters. The van der Waals surface area contributed by atoms with E-state index in [1.54, 1.807) is 12.1 Å². The van der Waals surface area contributed by atoms with Crippen molar-refractivity contribution in [2.75, 3.05) is 17.2 Å². The number of nitrogens with one attached hydrogen (secondary N) is 2. The predicted octanol–water partition coefficient (Wildman–Crippen LogP) is 3.28. The summed E-state index contributed by atoms with van der Waals surface area (Å²) in [6.07, 6.45) is 0.0761. The highest BCUT2D eigenvalue weighted by atomic mass is 16.5. The Morgan fingerprint density at radius 2 is 2.00 bits per heavy atom. The third kappa shape index (κ3) is 3.56. The minimum atomic E-state index is -0.524. The van der Waals surface area contributed by atoms with E-state index in [1.807, 2.05) is 44.2 Å². The number of hydrogen-bond acceptors (Lipinski definition) is 3. The van der Waals surface area contributed by atoms with Crippen molar-refractivity contribution in [3.8, 4) is 5.75 Å². The van der Waals surface area contributed by atoms with Gasteiger partial charge in [-0.25, -0.2) is 0 Å². The Bertz CT molecular complexity index is 786. The Morgan fingerprint density at radius 1 is 1.21 bits per heavy atom. The number of benzene rings is 2. The van der Waals surface area contributed by atoms with Crippen LogP contribution < -0.4 is 15.4 Å². The molecule has 24 heavy (non-hydrogen) atoms. The second-order valence-corrected chi connectivity index (χ2v) is 6.04. The van der Waals surface area contributed by atoms with Gasteiger partial charge in [-0.15, -0.1) is 0 Å². The van der Waals surface area contributed by atoms with Crippen LogP contribution in [0.3, 0.4) is 0 Å². The van der Waals surface area contributed by atoms with Gasteiger partial charge in [-0.1, -0.05) is 18.2 Å². The lowest BCUT2D eigenvalue weighted by molar-refractivity contribution is -0.125. The molecule has 2 aromatic rings. The lowest BCUT2D eigenvalue weighted by Gasteiger charge is -2.13. The first-order valence-corrected chi connectivity index (χ1v) is 7.93. The van der Waals surface area contributed by atoms with Crippen molar-refractivity contribution in [2.45, 2.75) is 20.3 Å². The van der Waals surface area contributed by atoms with Gasteiger partial charge in [-0.2, -0.15) is 0 Å². The number of para-hydroxylation sites is 2. The predicted molar refractivity (Wildman–Crippen MR) is 93.2 cm³/mol.